The second-order valence-corrected chi connectivity index (χ2v) is 5.13. The topological polar surface area (TPSA) is 59.5 Å². The van der Waals surface area contributed by atoms with E-state index in [1.54, 1.807) is 20.3 Å². The predicted octanol–water partition coefficient (Wildman–Crippen LogP) is 2.02. The van der Waals surface area contributed by atoms with Crippen LogP contribution in [0, 0.1) is 0 Å². The summed E-state index contributed by atoms with van der Waals surface area (Å²) in [5.74, 6) is 1.50. The van der Waals surface area contributed by atoms with Crippen LogP contribution in [0.25, 0.3) is 0 Å². The lowest BCUT2D eigenvalue weighted by atomic mass is 10.2. The van der Waals surface area contributed by atoms with Crippen molar-refractivity contribution in [2.24, 2.45) is 0 Å². The number of anilines is 1. The summed E-state index contributed by atoms with van der Waals surface area (Å²) >= 11 is 0. The molecule has 0 fully saturated rings. The minimum atomic E-state index is 0.490. The molecule has 1 rings (SSSR count). The molecule has 1 aromatic rings. The van der Waals surface area contributed by atoms with Gasteiger partial charge in [-0.3, -0.25) is 4.90 Å². The largest absolute Gasteiger partial charge is 0.481 e. The monoisotopic (exact) mass is 282 g/mol. The summed E-state index contributed by atoms with van der Waals surface area (Å²) in [4.78, 5) is 10.9. The lowest BCUT2D eigenvalue weighted by Crippen LogP contribution is -2.40. The van der Waals surface area contributed by atoms with E-state index in [-0.39, 0.29) is 0 Å². The van der Waals surface area contributed by atoms with Crippen LogP contribution in [0.5, 0.6) is 11.8 Å². The molecule has 6 nitrogen and oxygen atoms in total. The number of hydrogen-bond acceptors (Lipinski definition) is 6. The smallest absolute Gasteiger partial charge is 0.229 e. The van der Waals surface area contributed by atoms with Crippen molar-refractivity contribution < 1.29 is 9.47 Å². The molecule has 0 saturated carbocycles. The predicted molar refractivity (Wildman–Crippen MR) is 80.6 cm³/mol. The quantitative estimate of drug-likeness (QED) is 0.787. The average Bonchev–Trinajstić information content (AvgIpc) is 2.42. The first-order valence-corrected chi connectivity index (χ1v) is 6.94. The molecule has 0 atom stereocenters. The number of methoxy groups -OCH3 is 2. The first-order chi connectivity index (χ1) is 9.47. The Morgan fingerprint density at radius 1 is 1.05 bits per heavy atom. The molecule has 1 N–H and O–H groups in total. The van der Waals surface area contributed by atoms with Crippen molar-refractivity contribution in [3.8, 4) is 11.8 Å². The van der Waals surface area contributed by atoms with Gasteiger partial charge in [0.25, 0.3) is 0 Å². The van der Waals surface area contributed by atoms with Gasteiger partial charge in [-0.05, 0) is 27.7 Å². The first kappa shape index (κ1) is 16.5. The zero-order valence-electron chi connectivity index (χ0n) is 13.3. The highest BCUT2D eigenvalue weighted by Gasteiger charge is 2.13. The second-order valence-electron chi connectivity index (χ2n) is 5.13. The fraction of sp³-hybridized carbons (Fsp3) is 0.714. The van der Waals surface area contributed by atoms with Gasteiger partial charge in [0.2, 0.25) is 17.7 Å². The van der Waals surface area contributed by atoms with Crippen molar-refractivity contribution in [3.63, 3.8) is 0 Å². The van der Waals surface area contributed by atoms with E-state index in [4.69, 9.17) is 9.47 Å². The number of ether oxygens (including phenoxy) is 2. The van der Waals surface area contributed by atoms with Crippen molar-refractivity contribution in [1.82, 2.24) is 14.9 Å². The summed E-state index contributed by atoms with van der Waals surface area (Å²) in [6, 6.07) is 2.68. The molecule has 0 radical (unpaired) electrons. The van der Waals surface area contributed by atoms with E-state index in [9.17, 15) is 0 Å². The maximum atomic E-state index is 5.12. The lowest BCUT2D eigenvalue weighted by molar-refractivity contribution is 0.182. The molecular weight excluding hydrogens is 256 g/mol. The van der Waals surface area contributed by atoms with Gasteiger partial charge in [-0.1, -0.05) is 0 Å². The normalized spacial score (nSPS) is 11.2. The third-order valence-corrected chi connectivity index (χ3v) is 3.08. The Morgan fingerprint density at radius 2 is 1.55 bits per heavy atom. The Morgan fingerprint density at radius 3 is 1.95 bits per heavy atom. The van der Waals surface area contributed by atoms with Crippen LogP contribution in [0.2, 0.25) is 0 Å². The maximum Gasteiger partial charge on any atom is 0.229 e. The van der Waals surface area contributed by atoms with Crippen LogP contribution in [0.3, 0.4) is 0 Å². The Bertz CT molecular complexity index is 380. The van der Waals surface area contributed by atoms with E-state index in [0.29, 0.717) is 29.8 Å². The van der Waals surface area contributed by atoms with E-state index in [1.807, 2.05) is 0 Å². The fourth-order valence-corrected chi connectivity index (χ4v) is 2.10. The standard InChI is InChI=1S/C14H26N4O2/c1-10(2)18(11(3)4)8-7-15-14-16-12(19-5)9-13(17-14)20-6/h9-11H,7-8H2,1-6H3,(H,15,16,17). The van der Waals surface area contributed by atoms with E-state index in [2.05, 4.69) is 47.9 Å². The lowest BCUT2D eigenvalue weighted by Gasteiger charge is -2.30. The van der Waals surface area contributed by atoms with Crippen LogP contribution in [0.1, 0.15) is 27.7 Å². The molecule has 0 saturated heterocycles. The van der Waals surface area contributed by atoms with Gasteiger partial charge in [0, 0.05) is 25.2 Å². The molecule has 6 heteroatoms. The number of aromatic nitrogens is 2. The summed E-state index contributed by atoms with van der Waals surface area (Å²) in [7, 11) is 3.15. The summed E-state index contributed by atoms with van der Waals surface area (Å²) in [6.07, 6.45) is 0. The molecule has 0 aliphatic carbocycles. The first-order valence-electron chi connectivity index (χ1n) is 6.94. The molecule has 0 bridgehead atoms. The van der Waals surface area contributed by atoms with E-state index in [1.165, 1.54) is 0 Å². The molecule has 0 aliphatic heterocycles. The summed E-state index contributed by atoms with van der Waals surface area (Å²) in [5.41, 5.74) is 0. The van der Waals surface area contributed by atoms with Gasteiger partial charge >= 0.3 is 0 Å². The summed E-state index contributed by atoms with van der Waals surface area (Å²) in [5, 5.41) is 3.21. The third kappa shape index (κ3) is 4.85. The Balaban J connectivity index is 2.61. The van der Waals surface area contributed by atoms with Gasteiger partial charge in [0.15, 0.2) is 0 Å². The molecule has 114 valence electrons. The molecule has 0 aromatic carbocycles. The van der Waals surface area contributed by atoms with Crippen molar-refractivity contribution in [3.05, 3.63) is 6.07 Å². The third-order valence-electron chi connectivity index (χ3n) is 3.08. The van der Waals surface area contributed by atoms with Crippen molar-refractivity contribution in [2.45, 2.75) is 39.8 Å². The van der Waals surface area contributed by atoms with Crippen LogP contribution in [-0.4, -0.2) is 54.3 Å². The van der Waals surface area contributed by atoms with Crippen LogP contribution in [0.4, 0.5) is 5.95 Å². The van der Waals surface area contributed by atoms with Gasteiger partial charge in [-0.2, -0.15) is 9.97 Å². The Kier molecular flexibility index (Phi) is 6.51. The van der Waals surface area contributed by atoms with Crippen LogP contribution in [-0.2, 0) is 0 Å². The van der Waals surface area contributed by atoms with Gasteiger partial charge in [-0.25, -0.2) is 0 Å². The fourth-order valence-electron chi connectivity index (χ4n) is 2.10. The van der Waals surface area contributed by atoms with E-state index >= 15 is 0 Å². The van der Waals surface area contributed by atoms with Gasteiger partial charge in [-0.15, -0.1) is 0 Å². The highest BCUT2D eigenvalue weighted by atomic mass is 16.5. The molecule has 1 aromatic heterocycles. The van der Waals surface area contributed by atoms with Gasteiger partial charge in [0.1, 0.15) is 0 Å². The molecule has 0 unspecified atom stereocenters. The average molecular weight is 282 g/mol. The Labute approximate surface area is 121 Å². The molecule has 0 spiro atoms. The van der Waals surface area contributed by atoms with E-state index in [0.717, 1.165) is 13.1 Å². The molecule has 20 heavy (non-hydrogen) atoms. The molecular formula is C14H26N4O2. The van der Waals surface area contributed by atoms with Crippen molar-refractivity contribution in [2.75, 3.05) is 32.6 Å². The van der Waals surface area contributed by atoms with Gasteiger partial charge in [0.05, 0.1) is 20.3 Å². The van der Waals surface area contributed by atoms with E-state index < -0.39 is 0 Å². The number of nitrogens with zero attached hydrogens (tertiary/aromatic N) is 3. The SMILES string of the molecule is COc1cc(OC)nc(NCCN(C(C)C)C(C)C)n1. The van der Waals surface area contributed by atoms with Crippen LogP contribution in [0.15, 0.2) is 6.07 Å². The summed E-state index contributed by atoms with van der Waals surface area (Å²) < 4.78 is 10.2. The molecule has 1 heterocycles. The molecule has 0 amide bonds. The zero-order valence-corrected chi connectivity index (χ0v) is 13.3. The van der Waals surface area contributed by atoms with Crippen LogP contribution >= 0.6 is 0 Å². The number of nitrogens with one attached hydrogen (secondary N) is 1. The van der Waals surface area contributed by atoms with Gasteiger partial charge < -0.3 is 14.8 Å². The number of rotatable bonds is 8. The highest BCUT2D eigenvalue weighted by molar-refractivity contribution is 5.33. The van der Waals surface area contributed by atoms with Crippen molar-refractivity contribution >= 4 is 5.95 Å². The summed E-state index contributed by atoms with van der Waals surface area (Å²) in [6.45, 7) is 10.5. The zero-order chi connectivity index (χ0) is 15.1. The second kappa shape index (κ2) is 7.89. The number of hydrogen-bond donors (Lipinski definition) is 1. The van der Waals surface area contributed by atoms with Crippen LogP contribution < -0.4 is 14.8 Å². The minimum Gasteiger partial charge on any atom is -0.481 e. The molecule has 0 aliphatic rings. The minimum absolute atomic E-state index is 0.490. The Hall–Kier alpha value is -1.56. The maximum absolute atomic E-state index is 5.12. The van der Waals surface area contributed by atoms with Crippen molar-refractivity contribution in [1.29, 1.82) is 0 Å². The highest BCUT2D eigenvalue weighted by Crippen LogP contribution is 2.17.